The minimum atomic E-state index is 0.537. The van der Waals surface area contributed by atoms with Crippen LogP contribution in [-0.2, 0) is 4.74 Å². The summed E-state index contributed by atoms with van der Waals surface area (Å²) in [6, 6.07) is 3.07. The van der Waals surface area contributed by atoms with Crippen LogP contribution in [0.1, 0.15) is 45.4 Å². The second-order valence-electron chi connectivity index (χ2n) is 6.94. The van der Waals surface area contributed by atoms with Gasteiger partial charge in [0, 0.05) is 37.3 Å². The minimum absolute atomic E-state index is 0.537. The molecule has 2 saturated carbocycles. The van der Waals surface area contributed by atoms with Gasteiger partial charge >= 0.3 is 0 Å². The van der Waals surface area contributed by atoms with Gasteiger partial charge in [-0.1, -0.05) is 0 Å². The molecule has 4 fully saturated rings. The third-order valence-electron chi connectivity index (χ3n) is 5.31. The Morgan fingerprint density at radius 2 is 1.94 bits per heavy atom. The summed E-state index contributed by atoms with van der Waals surface area (Å²) in [5.74, 6) is 0.878. The molecule has 0 aromatic carbocycles. The molecule has 4 rings (SSSR count). The third kappa shape index (κ3) is 2.21. The van der Waals surface area contributed by atoms with Gasteiger partial charge in [-0.2, -0.15) is 0 Å². The Hall–Kier alpha value is -0.120. The molecule has 102 valence electrons. The van der Waals surface area contributed by atoms with E-state index in [0.29, 0.717) is 18.2 Å². The van der Waals surface area contributed by atoms with Crippen molar-refractivity contribution in [3.05, 3.63) is 0 Å². The first-order chi connectivity index (χ1) is 8.81. The lowest BCUT2D eigenvalue weighted by molar-refractivity contribution is 0.0790. The average Bonchev–Trinajstić information content (AvgIpc) is 3.28. The fraction of sp³-hybridized carbons (Fsp3) is 1.00. The van der Waals surface area contributed by atoms with Gasteiger partial charge in [-0.05, 0) is 51.4 Å². The molecule has 3 heteroatoms. The summed E-state index contributed by atoms with van der Waals surface area (Å²) in [7, 11) is 0. The predicted molar refractivity (Wildman–Crippen MR) is 71.6 cm³/mol. The molecule has 4 unspecified atom stereocenters. The lowest BCUT2D eigenvalue weighted by Crippen LogP contribution is -2.45. The van der Waals surface area contributed by atoms with Crippen molar-refractivity contribution in [2.45, 2.75) is 75.7 Å². The predicted octanol–water partition coefficient (Wildman–Crippen LogP) is 1.77. The van der Waals surface area contributed by atoms with Crippen LogP contribution in [0.5, 0.6) is 0 Å². The Morgan fingerprint density at radius 3 is 2.67 bits per heavy atom. The monoisotopic (exact) mass is 250 g/mol. The van der Waals surface area contributed by atoms with Crippen molar-refractivity contribution in [1.82, 2.24) is 10.2 Å². The smallest absolute Gasteiger partial charge is 0.0757 e. The highest BCUT2D eigenvalue weighted by atomic mass is 16.5. The zero-order valence-electron chi connectivity index (χ0n) is 11.5. The molecule has 0 spiro atoms. The zero-order chi connectivity index (χ0) is 12.1. The molecule has 0 radical (unpaired) electrons. The number of ether oxygens (including phenoxy) is 1. The highest BCUT2D eigenvalue weighted by Crippen LogP contribution is 2.39. The molecule has 0 bridgehead atoms. The van der Waals surface area contributed by atoms with Gasteiger partial charge in [0.05, 0.1) is 6.10 Å². The van der Waals surface area contributed by atoms with Crippen molar-refractivity contribution in [2.75, 3.05) is 13.2 Å². The summed E-state index contributed by atoms with van der Waals surface area (Å²) in [5.41, 5.74) is 0. The van der Waals surface area contributed by atoms with E-state index in [2.05, 4.69) is 17.1 Å². The molecule has 4 atom stereocenters. The molecule has 1 N–H and O–H groups in total. The van der Waals surface area contributed by atoms with Crippen molar-refractivity contribution in [1.29, 1.82) is 0 Å². The van der Waals surface area contributed by atoms with Crippen LogP contribution in [0.25, 0.3) is 0 Å². The third-order valence-corrected chi connectivity index (χ3v) is 5.31. The molecule has 2 aliphatic heterocycles. The average molecular weight is 250 g/mol. The van der Waals surface area contributed by atoms with Gasteiger partial charge in [-0.15, -0.1) is 0 Å². The fourth-order valence-corrected chi connectivity index (χ4v) is 4.07. The number of nitrogens with one attached hydrogen (secondary N) is 1. The minimum Gasteiger partial charge on any atom is -0.376 e. The van der Waals surface area contributed by atoms with Crippen LogP contribution in [0.3, 0.4) is 0 Å². The maximum atomic E-state index is 5.94. The maximum Gasteiger partial charge on any atom is 0.0757 e. The van der Waals surface area contributed by atoms with Crippen molar-refractivity contribution in [2.24, 2.45) is 5.92 Å². The topological polar surface area (TPSA) is 24.5 Å². The summed E-state index contributed by atoms with van der Waals surface area (Å²) in [4.78, 5) is 2.74. The standard InChI is InChI=1S/C15H26N2O/c1-10-8-12(9-17(10)13-4-5-13)16-14-6-7-18-15(14)11-2-3-11/h10-16H,2-9H2,1H3. The van der Waals surface area contributed by atoms with E-state index in [9.17, 15) is 0 Å². The van der Waals surface area contributed by atoms with E-state index in [4.69, 9.17) is 4.74 Å². The first kappa shape index (κ1) is 11.7. The number of likely N-dealkylation sites (tertiary alicyclic amines) is 1. The maximum absolute atomic E-state index is 5.94. The van der Waals surface area contributed by atoms with E-state index < -0.39 is 0 Å². The molecule has 18 heavy (non-hydrogen) atoms. The van der Waals surface area contributed by atoms with Crippen LogP contribution in [0.4, 0.5) is 0 Å². The number of hydrogen-bond donors (Lipinski definition) is 1. The van der Waals surface area contributed by atoms with Crippen molar-refractivity contribution < 1.29 is 4.74 Å². The first-order valence-electron chi connectivity index (χ1n) is 7.94. The molecule has 0 aromatic rings. The van der Waals surface area contributed by atoms with Gasteiger partial charge in [-0.25, -0.2) is 0 Å². The molecular formula is C15H26N2O. The lowest BCUT2D eigenvalue weighted by Gasteiger charge is -2.24. The van der Waals surface area contributed by atoms with Crippen LogP contribution in [0, 0.1) is 5.92 Å². The van der Waals surface area contributed by atoms with Gasteiger partial charge < -0.3 is 10.1 Å². The van der Waals surface area contributed by atoms with Crippen molar-refractivity contribution >= 4 is 0 Å². The van der Waals surface area contributed by atoms with Crippen LogP contribution in [0.15, 0.2) is 0 Å². The van der Waals surface area contributed by atoms with Crippen molar-refractivity contribution in [3.8, 4) is 0 Å². The first-order valence-corrected chi connectivity index (χ1v) is 7.94. The Kier molecular flexibility index (Phi) is 2.90. The SMILES string of the molecule is CC1CC(NC2CCOC2C2CC2)CN1C1CC1. The Morgan fingerprint density at radius 1 is 1.11 bits per heavy atom. The van der Waals surface area contributed by atoms with E-state index in [1.165, 1.54) is 45.1 Å². The second kappa shape index (κ2) is 4.46. The van der Waals surface area contributed by atoms with Gasteiger partial charge in [0.2, 0.25) is 0 Å². The Labute approximate surface area is 110 Å². The number of nitrogens with zero attached hydrogens (tertiary/aromatic N) is 1. The largest absolute Gasteiger partial charge is 0.376 e. The van der Waals surface area contributed by atoms with Crippen molar-refractivity contribution in [3.63, 3.8) is 0 Å². The zero-order valence-corrected chi connectivity index (χ0v) is 11.5. The van der Waals surface area contributed by atoms with Gasteiger partial charge in [0.15, 0.2) is 0 Å². The highest BCUT2D eigenvalue weighted by molar-refractivity contribution is 5.00. The summed E-state index contributed by atoms with van der Waals surface area (Å²) in [5, 5.41) is 3.93. The summed E-state index contributed by atoms with van der Waals surface area (Å²) < 4.78 is 5.94. The fourth-order valence-electron chi connectivity index (χ4n) is 4.07. The highest BCUT2D eigenvalue weighted by Gasteiger charge is 2.43. The summed E-state index contributed by atoms with van der Waals surface area (Å²) >= 11 is 0. The lowest BCUT2D eigenvalue weighted by atomic mass is 10.0. The number of hydrogen-bond acceptors (Lipinski definition) is 3. The van der Waals surface area contributed by atoms with E-state index in [-0.39, 0.29) is 0 Å². The summed E-state index contributed by atoms with van der Waals surface area (Å²) in [6.45, 7) is 4.66. The molecule has 4 aliphatic rings. The van der Waals surface area contributed by atoms with Crippen LogP contribution >= 0.6 is 0 Å². The van der Waals surface area contributed by atoms with Crippen LogP contribution in [0.2, 0.25) is 0 Å². The molecule has 2 heterocycles. The van der Waals surface area contributed by atoms with Gasteiger partial charge in [-0.3, -0.25) is 4.90 Å². The van der Waals surface area contributed by atoms with E-state index in [1.54, 1.807) is 0 Å². The molecule has 0 amide bonds. The van der Waals surface area contributed by atoms with Gasteiger partial charge in [0.25, 0.3) is 0 Å². The Balaban J connectivity index is 1.34. The number of rotatable bonds is 4. The molecule has 2 aliphatic carbocycles. The second-order valence-corrected chi connectivity index (χ2v) is 6.94. The normalized spacial score (nSPS) is 45.8. The summed E-state index contributed by atoms with van der Waals surface area (Å²) in [6.07, 6.45) is 8.79. The molecule has 3 nitrogen and oxygen atoms in total. The molecule has 0 aromatic heterocycles. The van der Waals surface area contributed by atoms with Crippen LogP contribution < -0.4 is 5.32 Å². The quantitative estimate of drug-likeness (QED) is 0.823. The van der Waals surface area contributed by atoms with E-state index >= 15 is 0 Å². The van der Waals surface area contributed by atoms with E-state index in [1.807, 2.05) is 0 Å². The van der Waals surface area contributed by atoms with Crippen LogP contribution in [-0.4, -0.2) is 48.3 Å². The molecular weight excluding hydrogens is 224 g/mol. The Bertz CT molecular complexity index is 314. The van der Waals surface area contributed by atoms with E-state index in [0.717, 1.165) is 24.6 Å². The van der Waals surface area contributed by atoms with Gasteiger partial charge in [0.1, 0.15) is 0 Å². The molecule has 2 saturated heterocycles.